The molecule has 0 spiro atoms. The summed E-state index contributed by atoms with van der Waals surface area (Å²) in [4.78, 5) is 9.17. The molecule has 3 aromatic rings. The SMILES string of the molecule is CN1CN(c2ccc3c(c2)C(C)(C)c2ccccc2-3)c2ncccc21. The predicted molar refractivity (Wildman–Crippen MR) is 104 cm³/mol. The van der Waals surface area contributed by atoms with Crippen LogP contribution >= 0.6 is 0 Å². The average molecular weight is 327 g/mol. The third-order valence-electron chi connectivity index (χ3n) is 5.67. The summed E-state index contributed by atoms with van der Waals surface area (Å²) in [6.45, 7) is 5.48. The van der Waals surface area contributed by atoms with Crippen LogP contribution in [0.25, 0.3) is 11.1 Å². The Kier molecular flexibility index (Phi) is 2.82. The third-order valence-corrected chi connectivity index (χ3v) is 5.67. The number of hydrogen-bond acceptors (Lipinski definition) is 3. The van der Waals surface area contributed by atoms with E-state index in [-0.39, 0.29) is 5.41 Å². The zero-order valence-electron chi connectivity index (χ0n) is 14.8. The quantitative estimate of drug-likeness (QED) is 0.631. The summed E-state index contributed by atoms with van der Waals surface area (Å²) < 4.78 is 0. The maximum absolute atomic E-state index is 4.62. The van der Waals surface area contributed by atoms with Gasteiger partial charge in [0, 0.05) is 24.3 Å². The Bertz CT molecular complexity index is 990. The topological polar surface area (TPSA) is 19.4 Å². The maximum Gasteiger partial charge on any atom is 0.158 e. The first-order chi connectivity index (χ1) is 12.1. The maximum atomic E-state index is 4.62. The van der Waals surface area contributed by atoms with E-state index in [9.17, 15) is 0 Å². The summed E-state index contributed by atoms with van der Waals surface area (Å²) in [6, 6.07) is 19.8. The Morgan fingerprint density at radius 1 is 0.920 bits per heavy atom. The molecule has 1 aromatic heterocycles. The smallest absolute Gasteiger partial charge is 0.158 e. The van der Waals surface area contributed by atoms with Gasteiger partial charge in [-0.05, 0) is 46.5 Å². The Morgan fingerprint density at radius 3 is 2.60 bits per heavy atom. The van der Waals surface area contributed by atoms with Gasteiger partial charge in [-0.1, -0.05) is 44.2 Å². The minimum atomic E-state index is 0.0283. The minimum absolute atomic E-state index is 0.0283. The number of benzene rings is 2. The van der Waals surface area contributed by atoms with Crippen molar-refractivity contribution in [3.8, 4) is 11.1 Å². The molecule has 5 rings (SSSR count). The van der Waals surface area contributed by atoms with Gasteiger partial charge in [-0.15, -0.1) is 0 Å². The summed E-state index contributed by atoms with van der Waals surface area (Å²) in [5.41, 5.74) is 7.97. The number of nitrogens with zero attached hydrogens (tertiary/aromatic N) is 3. The van der Waals surface area contributed by atoms with Crippen molar-refractivity contribution in [3.05, 3.63) is 71.9 Å². The fourth-order valence-corrected chi connectivity index (χ4v) is 4.31. The molecule has 0 saturated carbocycles. The van der Waals surface area contributed by atoms with Crippen molar-refractivity contribution in [3.63, 3.8) is 0 Å². The lowest BCUT2D eigenvalue weighted by Crippen LogP contribution is -2.24. The van der Waals surface area contributed by atoms with Crippen LogP contribution in [-0.2, 0) is 5.41 Å². The molecule has 2 heterocycles. The normalized spacial score (nSPS) is 16.6. The van der Waals surface area contributed by atoms with Crippen molar-refractivity contribution in [1.82, 2.24) is 4.98 Å². The molecule has 0 N–H and O–H groups in total. The van der Waals surface area contributed by atoms with E-state index in [2.05, 4.69) is 84.2 Å². The molecule has 2 aliphatic rings. The van der Waals surface area contributed by atoms with Crippen LogP contribution in [0.4, 0.5) is 17.2 Å². The molecule has 1 aliphatic heterocycles. The molecule has 0 amide bonds. The zero-order chi connectivity index (χ0) is 17.2. The van der Waals surface area contributed by atoms with E-state index in [0.717, 1.165) is 12.5 Å². The monoisotopic (exact) mass is 327 g/mol. The van der Waals surface area contributed by atoms with Crippen LogP contribution in [-0.4, -0.2) is 18.7 Å². The van der Waals surface area contributed by atoms with Crippen LogP contribution in [0.3, 0.4) is 0 Å². The van der Waals surface area contributed by atoms with Crippen LogP contribution in [0.1, 0.15) is 25.0 Å². The van der Waals surface area contributed by atoms with E-state index in [1.54, 1.807) is 0 Å². The van der Waals surface area contributed by atoms with Gasteiger partial charge in [0.15, 0.2) is 5.82 Å². The fraction of sp³-hybridized carbons (Fsp3) is 0.227. The van der Waals surface area contributed by atoms with Gasteiger partial charge in [0.25, 0.3) is 0 Å². The summed E-state index contributed by atoms with van der Waals surface area (Å²) in [5.74, 6) is 1.04. The first-order valence-electron chi connectivity index (χ1n) is 8.75. The number of pyridine rings is 1. The highest BCUT2D eigenvalue weighted by molar-refractivity contribution is 5.85. The number of aromatic nitrogens is 1. The molecular weight excluding hydrogens is 306 g/mol. The van der Waals surface area contributed by atoms with Gasteiger partial charge < -0.3 is 9.80 Å². The fourth-order valence-electron chi connectivity index (χ4n) is 4.31. The molecule has 0 saturated heterocycles. The number of anilines is 3. The molecule has 0 unspecified atom stereocenters. The van der Waals surface area contributed by atoms with Gasteiger partial charge in [0.1, 0.15) is 0 Å². The van der Waals surface area contributed by atoms with Gasteiger partial charge in [0.2, 0.25) is 0 Å². The second-order valence-electron chi connectivity index (χ2n) is 7.51. The number of fused-ring (bicyclic) bond motifs is 4. The van der Waals surface area contributed by atoms with E-state index in [4.69, 9.17) is 0 Å². The molecule has 25 heavy (non-hydrogen) atoms. The largest absolute Gasteiger partial charge is 0.354 e. The average Bonchev–Trinajstić information content (AvgIpc) is 3.09. The summed E-state index contributed by atoms with van der Waals surface area (Å²) >= 11 is 0. The first kappa shape index (κ1) is 14.5. The lowest BCUT2D eigenvalue weighted by atomic mass is 9.82. The van der Waals surface area contributed by atoms with E-state index >= 15 is 0 Å². The molecule has 0 radical (unpaired) electrons. The van der Waals surface area contributed by atoms with Gasteiger partial charge in [-0.2, -0.15) is 0 Å². The standard InChI is InChI=1S/C22H21N3/c1-22(2)18-8-5-4-7-16(18)17-11-10-15(13-19(17)22)25-14-24(3)20-9-6-12-23-21(20)25/h4-13H,14H2,1-3H3. The minimum Gasteiger partial charge on any atom is -0.354 e. The van der Waals surface area contributed by atoms with Crippen molar-refractivity contribution >= 4 is 17.2 Å². The third kappa shape index (κ3) is 1.89. The van der Waals surface area contributed by atoms with E-state index in [1.165, 1.54) is 33.6 Å². The lowest BCUT2D eigenvalue weighted by Gasteiger charge is -2.24. The van der Waals surface area contributed by atoms with E-state index < -0.39 is 0 Å². The summed E-state index contributed by atoms with van der Waals surface area (Å²) in [5, 5.41) is 0. The Hall–Kier alpha value is -2.81. The summed E-state index contributed by atoms with van der Waals surface area (Å²) in [7, 11) is 2.12. The first-order valence-corrected chi connectivity index (χ1v) is 8.75. The van der Waals surface area contributed by atoms with Crippen molar-refractivity contribution in [2.45, 2.75) is 19.3 Å². The van der Waals surface area contributed by atoms with Crippen LogP contribution in [0, 0.1) is 0 Å². The molecule has 2 aromatic carbocycles. The molecule has 0 atom stereocenters. The van der Waals surface area contributed by atoms with Crippen molar-refractivity contribution in [1.29, 1.82) is 0 Å². The van der Waals surface area contributed by atoms with Crippen LogP contribution < -0.4 is 9.80 Å². The molecule has 0 fully saturated rings. The molecule has 1 aliphatic carbocycles. The molecule has 124 valence electrons. The molecule has 3 heteroatoms. The second-order valence-corrected chi connectivity index (χ2v) is 7.51. The van der Waals surface area contributed by atoms with Crippen molar-refractivity contribution < 1.29 is 0 Å². The highest BCUT2D eigenvalue weighted by atomic mass is 15.4. The molecule has 0 bridgehead atoms. The van der Waals surface area contributed by atoms with Crippen molar-refractivity contribution in [2.24, 2.45) is 0 Å². The van der Waals surface area contributed by atoms with Crippen molar-refractivity contribution in [2.75, 3.05) is 23.5 Å². The van der Waals surface area contributed by atoms with E-state index in [0.29, 0.717) is 0 Å². The van der Waals surface area contributed by atoms with Gasteiger partial charge in [-0.25, -0.2) is 4.98 Å². The number of hydrogen-bond donors (Lipinski definition) is 0. The Labute approximate surface area is 148 Å². The van der Waals surface area contributed by atoms with Gasteiger partial charge in [-0.3, -0.25) is 0 Å². The van der Waals surface area contributed by atoms with Gasteiger partial charge in [0.05, 0.1) is 12.4 Å². The van der Waals surface area contributed by atoms with E-state index in [1.807, 2.05) is 12.3 Å². The predicted octanol–water partition coefficient (Wildman–Crippen LogP) is 4.93. The zero-order valence-corrected chi connectivity index (χ0v) is 14.8. The summed E-state index contributed by atoms with van der Waals surface area (Å²) in [6.07, 6.45) is 1.87. The Balaban J connectivity index is 1.65. The van der Waals surface area contributed by atoms with Gasteiger partial charge >= 0.3 is 0 Å². The highest BCUT2D eigenvalue weighted by Gasteiger charge is 2.36. The van der Waals surface area contributed by atoms with Crippen LogP contribution in [0.2, 0.25) is 0 Å². The highest BCUT2D eigenvalue weighted by Crippen LogP contribution is 2.50. The van der Waals surface area contributed by atoms with Crippen LogP contribution in [0.5, 0.6) is 0 Å². The van der Waals surface area contributed by atoms with Crippen LogP contribution in [0.15, 0.2) is 60.8 Å². The molecular formula is C22H21N3. The molecule has 3 nitrogen and oxygen atoms in total. The Morgan fingerprint density at radius 2 is 1.72 bits per heavy atom. The number of rotatable bonds is 1. The second kappa shape index (κ2) is 4.85. The lowest BCUT2D eigenvalue weighted by molar-refractivity contribution is 0.660.